The molecule has 0 fully saturated rings. The maximum atomic E-state index is 10.9. The maximum Gasteiger partial charge on any atom is 0.153 e. The largest absolute Gasteiger partial charge is 0.488 e. The molecule has 0 aliphatic carbocycles. The van der Waals surface area contributed by atoms with Gasteiger partial charge in [0.25, 0.3) is 0 Å². The van der Waals surface area contributed by atoms with Crippen LogP contribution in [0.4, 0.5) is 5.69 Å². The van der Waals surface area contributed by atoms with Gasteiger partial charge in [-0.15, -0.1) is 0 Å². The van der Waals surface area contributed by atoms with E-state index in [0.29, 0.717) is 17.9 Å². The van der Waals surface area contributed by atoms with Gasteiger partial charge >= 0.3 is 0 Å². The number of anilines is 1. The minimum atomic E-state index is 0.451. The van der Waals surface area contributed by atoms with Crippen molar-refractivity contribution < 1.29 is 9.53 Å². The van der Waals surface area contributed by atoms with Crippen LogP contribution in [-0.2, 0) is 6.61 Å². The molecular formula is C16H17NO2. The molecule has 0 saturated carbocycles. The molecule has 2 aromatic rings. The van der Waals surface area contributed by atoms with Gasteiger partial charge in [-0.2, -0.15) is 0 Å². The number of rotatable bonds is 5. The van der Waals surface area contributed by atoms with Crippen LogP contribution in [0.5, 0.6) is 5.75 Å². The van der Waals surface area contributed by atoms with Crippen molar-refractivity contribution in [3.05, 3.63) is 59.7 Å². The lowest BCUT2D eigenvalue weighted by molar-refractivity contribution is 0.111. The van der Waals surface area contributed by atoms with Crippen LogP contribution >= 0.6 is 0 Å². The number of benzene rings is 2. The second kappa shape index (κ2) is 6.05. The highest BCUT2D eigenvalue weighted by Gasteiger charge is 2.03. The Morgan fingerprint density at radius 3 is 2.63 bits per heavy atom. The molecule has 19 heavy (non-hydrogen) atoms. The van der Waals surface area contributed by atoms with Crippen molar-refractivity contribution in [3.8, 4) is 5.75 Å². The Hall–Kier alpha value is -2.29. The zero-order valence-electron chi connectivity index (χ0n) is 11.2. The van der Waals surface area contributed by atoms with Crippen molar-refractivity contribution in [2.75, 3.05) is 19.0 Å². The fourth-order valence-corrected chi connectivity index (χ4v) is 1.79. The van der Waals surface area contributed by atoms with Gasteiger partial charge in [-0.25, -0.2) is 0 Å². The SMILES string of the molecule is CN(C)c1cccc(COc2ccccc2C=O)c1. The van der Waals surface area contributed by atoms with Crippen LogP contribution in [0.1, 0.15) is 15.9 Å². The van der Waals surface area contributed by atoms with E-state index in [9.17, 15) is 4.79 Å². The summed E-state index contributed by atoms with van der Waals surface area (Å²) in [6.45, 7) is 0.451. The lowest BCUT2D eigenvalue weighted by Gasteiger charge is -2.14. The molecule has 98 valence electrons. The first-order chi connectivity index (χ1) is 9.20. The summed E-state index contributed by atoms with van der Waals surface area (Å²) < 4.78 is 5.70. The number of carbonyl (C=O) groups is 1. The van der Waals surface area contributed by atoms with Crippen LogP contribution < -0.4 is 9.64 Å². The van der Waals surface area contributed by atoms with Gasteiger partial charge < -0.3 is 9.64 Å². The molecule has 3 heteroatoms. The van der Waals surface area contributed by atoms with E-state index in [1.165, 1.54) is 0 Å². The number of para-hydroxylation sites is 1. The van der Waals surface area contributed by atoms with E-state index in [1.54, 1.807) is 12.1 Å². The first kappa shape index (κ1) is 13.1. The zero-order chi connectivity index (χ0) is 13.7. The van der Waals surface area contributed by atoms with Gasteiger partial charge in [0.1, 0.15) is 12.4 Å². The van der Waals surface area contributed by atoms with Crippen LogP contribution in [0, 0.1) is 0 Å². The van der Waals surface area contributed by atoms with Gasteiger partial charge in [-0.1, -0.05) is 24.3 Å². The predicted octanol–water partition coefficient (Wildman–Crippen LogP) is 3.14. The van der Waals surface area contributed by atoms with Crippen molar-refractivity contribution in [1.29, 1.82) is 0 Å². The summed E-state index contributed by atoms with van der Waals surface area (Å²) in [4.78, 5) is 12.9. The third kappa shape index (κ3) is 3.35. The topological polar surface area (TPSA) is 29.5 Å². The summed E-state index contributed by atoms with van der Waals surface area (Å²) >= 11 is 0. The van der Waals surface area contributed by atoms with Gasteiger partial charge in [-0.05, 0) is 29.8 Å². The summed E-state index contributed by atoms with van der Waals surface area (Å²) in [5.74, 6) is 0.618. The number of hydrogen-bond acceptors (Lipinski definition) is 3. The molecule has 0 aliphatic rings. The quantitative estimate of drug-likeness (QED) is 0.769. The summed E-state index contributed by atoms with van der Waals surface area (Å²) in [6.07, 6.45) is 0.811. The third-order valence-electron chi connectivity index (χ3n) is 2.87. The molecule has 2 aromatic carbocycles. The van der Waals surface area contributed by atoms with Crippen LogP contribution in [-0.4, -0.2) is 20.4 Å². The van der Waals surface area contributed by atoms with Crippen molar-refractivity contribution in [2.24, 2.45) is 0 Å². The standard InChI is InChI=1S/C16H17NO2/c1-17(2)15-8-5-6-13(10-15)12-19-16-9-4-3-7-14(16)11-18/h3-11H,12H2,1-2H3. The van der Waals surface area contributed by atoms with E-state index in [1.807, 2.05) is 49.3 Å². The van der Waals surface area contributed by atoms with Gasteiger partial charge in [0, 0.05) is 19.8 Å². The molecule has 0 radical (unpaired) electrons. The molecule has 0 saturated heterocycles. The molecule has 0 bridgehead atoms. The predicted molar refractivity (Wildman–Crippen MR) is 76.9 cm³/mol. The minimum absolute atomic E-state index is 0.451. The summed E-state index contributed by atoms with van der Waals surface area (Å²) in [6, 6.07) is 15.4. The number of hydrogen-bond donors (Lipinski definition) is 0. The Morgan fingerprint density at radius 1 is 1.11 bits per heavy atom. The van der Waals surface area contributed by atoms with Crippen LogP contribution in [0.3, 0.4) is 0 Å². The minimum Gasteiger partial charge on any atom is -0.488 e. The molecule has 0 heterocycles. The first-order valence-corrected chi connectivity index (χ1v) is 6.14. The molecule has 0 aromatic heterocycles. The molecule has 2 rings (SSSR count). The second-order valence-electron chi connectivity index (χ2n) is 4.51. The molecule has 0 spiro atoms. The van der Waals surface area contributed by atoms with E-state index < -0.39 is 0 Å². The Bertz CT molecular complexity index is 564. The Labute approximate surface area is 113 Å². The monoisotopic (exact) mass is 255 g/mol. The second-order valence-corrected chi connectivity index (χ2v) is 4.51. The fraction of sp³-hybridized carbons (Fsp3) is 0.188. The van der Waals surface area contributed by atoms with Gasteiger partial charge in [0.15, 0.2) is 6.29 Å². The van der Waals surface area contributed by atoms with Gasteiger partial charge in [-0.3, -0.25) is 4.79 Å². The van der Waals surface area contributed by atoms with Gasteiger partial charge in [0.05, 0.1) is 5.56 Å². The van der Waals surface area contributed by atoms with E-state index in [2.05, 4.69) is 6.07 Å². The smallest absolute Gasteiger partial charge is 0.153 e. The molecule has 0 atom stereocenters. The molecule has 0 aliphatic heterocycles. The molecular weight excluding hydrogens is 238 g/mol. The highest BCUT2D eigenvalue weighted by atomic mass is 16.5. The van der Waals surface area contributed by atoms with Crippen LogP contribution in [0.15, 0.2) is 48.5 Å². The molecule has 3 nitrogen and oxygen atoms in total. The van der Waals surface area contributed by atoms with Crippen LogP contribution in [0.2, 0.25) is 0 Å². The molecule has 0 N–H and O–H groups in total. The normalized spacial score (nSPS) is 10.0. The Morgan fingerprint density at radius 2 is 1.89 bits per heavy atom. The average Bonchev–Trinajstić information content (AvgIpc) is 2.45. The number of nitrogens with zero attached hydrogens (tertiary/aromatic N) is 1. The number of ether oxygens (including phenoxy) is 1. The van der Waals surface area contributed by atoms with Crippen molar-refractivity contribution in [1.82, 2.24) is 0 Å². The summed E-state index contributed by atoms with van der Waals surface area (Å²) in [7, 11) is 4.00. The lowest BCUT2D eigenvalue weighted by atomic mass is 10.2. The van der Waals surface area contributed by atoms with Crippen LogP contribution in [0.25, 0.3) is 0 Å². The lowest BCUT2D eigenvalue weighted by Crippen LogP contribution is -2.09. The Kier molecular flexibility index (Phi) is 4.18. The van der Waals surface area contributed by atoms with Gasteiger partial charge in [0.2, 0.25) is 0 Å². The zero-order valence-corrected chi connectivity index (χ0v) is 11.2. The summed E-state index contributed by atoms with van der Waals surface area (Å²) in [5.41, 5.74) is 2.78. The van der Waals surface area contributed by atoms with E-state index in [0.717, 1.165) is 17.5 Å². The molecule has 0 amide bonds. The third-order valence-corrected chi connectivity index (χ3v) is 2.87. The average molecular weight is 255 g/mol. The van der Waals surface area contributed by atoms with Crippen molar-refractivity contribution in [2.45, 2.75) is 6.61 Å². The maximum absolute atomic E-state index is 10.9. The van der Waals surface area contributed by atoms with E-state index in [-0.39, 0.29) is 0 Å². The summed E-state index contributed by atoms with van der Waals surface area (Å²) in [5, 5.41) is 0. The first-order valence-electron chi connectivity index (χ1n) is 6.14. The number of aldehydes is 1. The highest BCUT2D eigenvalue weighted by Crippen LogP contribution is 2.19. The van der Waals surface area contributed by atoms with Crippen molar-refractivity contribution >= 4 is 12.0 Å². The molecule has 0 unspecified atom stereocenters. The van der Waals surface area contributed by atoms with E-state index >= 15 is 0 Å². The Balaban J connectivity index is 2.10. The van der Waals surface area contributed by atoms with E-state index in [4.69, 9.17) is 4.74 Å². The highest BCUT2D eigenvalue weighted by molar-refractivity contribution is 5.79. The fourth-order valence-electron chi connectivity index (χ4n) is 1.79. The van der Waals surface area contributed by atoms with Crippen molar-refractivity contribution in [3.63, 3.8) is 0 Å². The number of carbonyl (C=O) groups excluding carboxylic acids is 1.